The molecule has 1 aromatic carbocycles. The van der Waals surface area contributed by atoms with Crippen molar-refractivity contribution in [2.45, 2.75) is 44.8 Å². The average molecular weight is 404 g/mol. The lowest BCUT2D eigenvalue weighted by atomic mass is 9.97. The summed E-state index contributed by atoms with van der Waals surface area (Å²) < 4.78 is 7.60. The minimum Gasteiger partial charge on any atom is -0.472 e. The van der Waals surface area contributed by atoms with E-state index in [4.69, 9.17) is 4.74 Å². The maximum Gasteiger partial charge on any atom is 0.260 e. The third kappa shape index (κ3) is 3.35. The van der Waals surface area contributed by atoms with Gasteiger partial charge >= 0.3 is 0 Å². The topological polar surface area (TPSA) is 80.5 Å². The number of amides is 1. The molecule has 30 heavy (non-hydrogen) atoms. The van der Waals surface area contributed by atoms with Gasteiger partial charge in [0.15, 0.2) is 12.5 Å². The molecule has 2 atom stereocenters. The van der Waals surface area contributed by atoms with Crippen LogP contribution in [0.5, 0.6) is 5.75 Å². The Hall–Kier alpha value is -3.19. The zero-order chi connectivity index (χ0) is 20.7. The first-order valence-corrected chi connectivity index (χ1v) is 10.3. The first-order valence-electron chi connectivity index (χ1n) is 10.3. The van der Waals surface area contributed by atoms with Gasteiger partial charge in [-0.05, 0) is 73.6 Å². The number of rotatable bonds is 4. The van der Waals surface area contributed by atoms with Crippen LogP contribution in [0.1, 0.15) is 46.3 Å². The molecule has 0 radical (unpaired) electrons. The van der Waals surface area contributed by atoms with Crippen molar-refractivity contribution in [2.24, 2.45) is 0 Å². The Morgan fingerprint density at radius 3 is 2.87 bits per heavy atom. The molecule has 154 valence electrons. The highest BCUT2D eigenvalue weighted by molar-refractivity contribution is 5.98. The van der Waals surface area contributed by atoms with Gasteiger partial charge in [0.1, 0.15) is 5.75 Å². The molecule has 2 aliphatic rings. The van der Waals surface area contributed by atoms with Crippen molar-refractivity contribution in [3.8, 4) is 11.6 Å². The van der Waals surface area contributed by atoms with Crippen LogP contribution >= 0.6 is 0 Å². The van der Waals surface area contributed by atoms with Crippen molar-refractivity contribution in [1.29, 1.82) is 0 Å². The SMILES string of the molecule is Cc1cc2c(cc1Cc1ccc(-n3cccn3)nc1)C(=O)N([C@H]1CCC[C@@H]1O)CO2. The quantitative estimate of drug-likeness (QED) is 0.723. The van der Waals surface area contributed by atoms with Gasteiger partial charge in [-0.15, -0.1) is 0 Å². The summed E-state index contributed by atoms with van der Waals surface area (Å²) in [6.07, 6.45) is 8.11. The fourth-order valence-electron chi connectivity index (χ4n) is 4.37. The molecule has 3 heterocycles. The molecule has 0 bridgehead atoms. The summed E-state index contributed by atoms with van der Waals surface area (Å²) in [5.74, 6) is 1.33. The molecule has 1 saturated carbocycles. The lowest BCUT2D eigenvalue weighted by molar-refractivity contribution is 0.0127. The van der Waals surface area contributed by atoms with Crippen LogP contribution in [-0.4, -0.2) is 49.6 Å². The molecule has 1 amide bonds. The molecule has 3 aromatic rings. The second kappa shape index (κ2) is 7.57. The zero-order valence-corrected chi connectivity index (χ0v) is 16.9. The number of nitrogens with zero attached hydrogens (tertiary/aromatic N) is 4. The molecule has 0 spiro atoms. The lowest BCUT2D eigenvalue weighted by Gasteiger charge is -2.35. The molecule has 1 N–H and O–H groups in total. The molecule has 2 aromatic heterocycles. The van der Waals surface area contributed by atoms with Crippen molar-refractivity contribution in [1.82, 2.24) is 19.7 Å². The van der Waals surface area contributed by atoms with E-state index in [9.17, 15) is 9.90 Å². The molecule has 0 unspecified atom stereocenters. The van der Waals surface area contributed by atoms with Crippen LogP contribution in [0.15, 0.2) is 48.9 Å². The molecule has 1 fully saturated rings. The number of aromatic nitrogens is 3. The first-order chi connectivity index (χ1) is 14.6. The normalized spacial score (nSPS) is 20.9. The van der Waals surface area contributed by atoms with E-state index in [0.29, 0.717) is 17.7 Å². The Morgan fingerprint density at radius 2 is 2.17 bits per heavy atom. The number of aliphatic hydroxyl groups excluding tert-OH is 1. The number of benzene rings is 1. The van der Waals surface area contributed by atoms with E-state index >= 15 is 0 Å². The van der Waals surface area contributed by atoms with Gasteiger partial charge in [0.2, 0.25) is 0 Å². The van der Waals surface area contributed by atoms with E-state index in [1.165, 1.54) is 0 Å². The van der Waals surface area contributed by atoms with Gasteiger partial charge in [-0.25, -0.2) is 9.67 Å². The number of aliphatic hydroxyl groups is 1. The highest BCUT2D eigenvalue weighted by Crippen LogP contribution is 2.33. The molecule has 7 heteroatoms. The molecule has 5 rings (SSSR count). The predicted molar refractivity (Wildman–Crippen MR) is 111 cm³/mol. The number of pyridine rings is 1. The smallest absolute Gasteiger partial charge is 0.260 e. The Labute approximate surface area is 174 Å². The highest BCUT2D eigenvalue weighted by Gasteiger charge is 2.37. The maximum absolute atomic E-state index is 13.2. The third-order valence-electron chi connectivity index (χ3n) is 6.08. The van der Waals surface area contributed by atoms with Crippen molar-refractivity contribution in [3.63, 3.8) is 0 Å². The minimum absolute atomic E-state index is 0.0596. The Bertz CT molecular complexity index is 1060. The van der Waals surface area contributed by atoms with Gasteiger partial charge in [-0.1, -0.05) is 6.07 Å². The predicted octanol–water partition coefficient (Wildman–Crippen LogP) is 2.87. The molecule has 7 nitrogen and oxygen atoms in total. The van der Waals surface area contributed by atoms with Crippen molar-refractivity contribution in [2.75, 3.05) is 6.73 Å². The summed E-state index contributed by atoms with van der Waals surface area (Å²) in [4.78, 5) is 19.3. The van der Waals surface area contributed by atoms with Crippen LogP contribution in [0.2, 0.25) is 0 Å². The number of carbonyl (C=O) groups is 1. The summed E-state index contributed by atoms with van der Waals surface area (Å²) in [6.45, 7) is 2.23. The Balaban J connectivity index is 1.39. The molecular formula is C23H24N4O3. The lowest BCUT2D eigenvalue weighted by Crippen LogP contribution is -2.48. The number of hydrogen-bond donors (Lipinski definition) is 1. The zero-order valence-electron chi connectivity index (χ0n) is 16.9. The van der Waals surface area contributed by atoms with Crippen LogP contribution in [0.3, 0.4) is 0 Å². The number of carbonyl (C=O) groups excluding carboxylic acids is 1. The van der Waals surface area contributed by atoms with Crippen LogP contribution in [-0.2, 0) is 6.42 Å². The van der Waals surface area contributed by atoms with E-state index in [0.717, 1.165) is 41.8 Å². The van der Waals surface area contributed by atoms with Crippen molar-refractivity contribution >= 4 is 5.91 Å². The first kappa shape index (κ1) is 18.8. The van der Waals surface area contributed by atoms with E-state index < -0.39 is 6.10 Å². The number of fused-ring (bicyclic) bond motifs is 1. The summed E-state index contributed by atoms with van der Waals surface area (Å²) in [5, 5.41) is 14.4. The fraction of sp³-hybridized carbons (Fsp3) is 0.348. The van der Waals surface area contributed by atoms with Crippen LogP contribution in [0.25, 0.3) is 5.82 Å². The van der Waals surface area contributed by atoms with Gasteiger partial charge in [-0.3, -0.25) is 9.69 Å². The second-order valence-corrected chi connectivity index (χ2v) is 8.04. The van der Waals surface area contributed by atoms with E-state index in [-0.39, 0.29) is 18.7 Å². The van der Waals surface area contributed by atoms with Crippen LogP contribution in [0.4, 0.5) is 0 Å². The van der Waals surface area contributed by atoms with Crippen molar-refractivity contribution in [3.05, 3.63) is 71.2 Å². The van der Waals surface area contributed by atoms with Crippen molar-refractivity contribution < 1.29 is 14.6 Å². The fourth-order valence-corrected chi connectivity index (χ4v) is 4.37. The monoisotopic (exact) mass is 404 g/mol. The molecule has 1 aliphatic carbocycles. The van der Waals surface area contributed by atoms with E-state index in [1.807, 2.05) is 49.6 Å². The average Bonchev–Trinajstić information content (AvgIpc) is 3.42. The van der Waals surface area contributed by atoms with Gasteiger partial charge in [0.05, 0.1) is 17.7 Å². The van der Waals surface area contributed by atoms with Gasteiger partial charge in [0, 0.05) is 18.6 Å². The largest absolute Gasteiger partial charge is 0.472 e. The van der Waals surface area contributed by atoms with Gasteiger partial charge < -0.3 is 9.84 Å². The highest BCUT2D eigenvalue weighted by atomic mass is 16.5. The third-order valence-corrected chi connectivity index (χ3v) is 6.08. The summed E-state index contributed by atoms with van der Waals surface area (Å²) >= 11 is 0. The van der Waals surface area contributed by atoms with E-state index in [1.54, 1.807) is 15.8 Å². The van der Waals surface area contributed by atoms with Gasteiger partial charge in [0.25, 0.3) is 5.91 Å². The molecule has 1 aliphatic heterocycles. The van der Waals surface area contributed by atoms with Crippen LogP contribution < -0.4 is 4.74 Å². The van der Waals surface area contributed by atoms with Crippen LogP contribution in [0, 0.1) is 6.92 Å². The maximum atomic E-state index is 13.2. The number of ether oxygens (including phenoxy) is 1. The molecule has 0 saturated heterocycles. The van der Waals surface area contributed by atoms with E-state index in [2.05, 4.69) is 10.1 Å². The second-order valence-electron chi connectivity index (χ2n) is 8.04. The Morgan fingerprint density at radius 1 is 1.27 bits per heavy atom. The van der Waals surface area contributed by atoms with Gasteiger partial charge in [-0.2, -0.15) is 5.10 Å². The summed E-state index contributed by atoms with van der Waals surface area (Å²) in [6, 6.07) is 9.54. The summed E-state index contributed by atoms with van der Waals surface area (Å²) in [5.41, 5.74) is 3.77. The number of aryl methyl sites for hydroxylation is 1. The molecular weight excluding hydrogens is 380 g/mol. The minimum atomic E-state index is -0.469. The number of hydrogen-bond acceptors (Lipinski definition) is 5. The standard InChI is InChI=1S/C23H24N4O3/c1-15-10-21-18(23(29)26(14-30-21)19-4-2-5-20(19)28)12-17(15)11-16-6-7-22(24-13-16)27-9-3-8-25-27/h3,6-10,12-13,19-20,28H,2,4-5,11,14H2,1H3/t19-,20-/m0/s1. The Kier molecular flexibility index (Phi) is 4.75. The summed E-state index contributed by atoms with van der Waals surface area (Å²) in [7, 11) is 0.